The van der Waals surface area contributed by atoms with Crippen molar-refractivity contribution in [3.05, 3.63) is 77.9 Å². The number of ether oxygens (including phenoxy) is 2. The van der Waals surface area contributed by atoms with E-state index in [2.05, 4.69) is 20.7 Å². The van der Waals surface area contributed by atoms with Crippen LogP contribution >= 0.6 is 0 Å². The Morgan fingerprint density at radius 1 is 0.933 bits per heavy atom. The number of anilines is 1. The number of nitrogens with one attached hydrogen (secondary N) is 2. The second-order valence-electron chi connectivity index (χ2n) is 11.9. The molecule has 0 aliphatic rings. The summed E-state index contributed by atoms with van der Waals surface area (Å²) in [5.41, 5.74) is 2.55. The Labute approximate surface area is 263 Å². The van der Waals surface area contributed by atoms with Gasteiger partial charge in [-0.1, -0.05) is 45.0 Å². The van der Waals surface area contributed by atoms with E-state index in [4.69, 9.17) is 9.47 Å². The van der Waals surface area contributed by atoms with Crippen LogP contribution in [0.25, 0.3) is 11.0 Å². The van der Waals surface area contributed by atoms with Gasteiger partial charge in [-0.15, -0.1) is 0 Å². The number of amides is 2. The first-order valence-electron chi connectivity index (χ1n) is 14.6. The van der Waals surface area contributed by atoms with Crippen LogP contribution in [0.15, 0.2) is 66.7 Å². The Balaban J connectivity index is 0.000000263. The topological polar surface area (TPSA) is 144 Å². The number of nitrogens with zero attached hydrogens (tertiary/aromatic N) is 3. The van der Waals surface area contributed by atoms with Gasteiger partial charge < -0.3 is 19.7 Å². The maximum absolute atomic E-state index is 13.0. The van der Waals surface area contributed by atoms with E-state index in [1.165, 1.54) is 14.0 Å². The number of aromatic amines is 1. The number of rotatable bonds is 9. The fraction of sp³-hybridized carbons (Fsp3) is 0.353. The number of aryl methyl sites for hydroxylation is 1. The van der Waals surface area contributed by atoms with Gasteiger partial charge in [0.1, 0.15) is 28.5 Å². The van der Waals surface area contributed by atoms with Crippen molar-refractivity contribution in [2.45, 2.75) is 54.5 Å². The lowest BCUT2D eigenvalue weighted by Gasteiger charge is -2.31. The number of aromatic nitrogens is 3. The summed E-state index contributed by atoms with van der Waals surface area (Å²) in [6, 6.07) is 19.3. The second-order valence-corrected chi connectivity index (χ2v) is 11.9. The SMILES string of the molecule is COc1ccc(C)cc1NC(=O)C(CN(C(C)=O)C(C)C)C(=O)C(C)(C)C.O=C(Oc1ccccc1)c1ccc2n[nH]nc2c1. The fourth-order valence-electron chi connectivity index (χ4n) is 4.47. The minimum atomic E-state index is -0.971. The molecule has 0 saturated heterocycles. The molecule has 1 aromatic heterocycles. The third-order valence-electron chi connectivity index (χ3n) is 6.90. The summed E-state index contributed by atoms with van der Waals surface area (Å²) in [4.78, 5) is 51.4. The Morgan fingerprint density at radius 3 is 2.20 bits per heavy atom. The van der Waals surface area contributed by atoms with Gasteiger partial charge >= 0.3 is 5.97 Å². The Bertz CT molecular complexity index is 1640. The number of esters is 1. The zero-order chi connectivity index (χ0) is 33.3. The molecule has 0 saturated carbocycles. The number of para-hydroxylation sites is 1. The highest BCUT2D eigenvalue weighted by Crippen LogP contribution is 2.28. The van der Waals surface area contributed by atoms with Gasteiger partial charge in [-0.05, 0) is 68.8 Å². The largest absolute Gasteiger partial charge is 0.495 e. The second kappa shape index (κ2) is 15.1. The van der Waals surface area contributed by atoms with Crippen LogP contribution in [0.4, 0.5) is 5.69 Å². The molecule has 11 nitrogen and oxygen atoms in total. The quantitative estimate of drug-likeness (QED) is 0.141. The molecule has 1 heterocycles. The Kier molecular flexibility index (Phi) is 11.5. The molecular weight excluding hydrogens is 574 g/mol. The van der Waals surface area contributed by atoms with Crippen molar-refractivity contribution >= 4 is 40.3 Å². The molecule has 238 valence electrons. The summed E-state index contributed by atoms with van der Waals surface area (Å²) >= 11 is 0. The predicted octanol–water partition coefficient (Wildman–Crippen LogP) is 5.61. The van der Waals surface area contributed by atoms with Crippen LogP contribution < -0.4 is 14.8 Å². The maximum Gasteiger partial charge on any atom is 0.343 e. The van der Waals surface area contributed by atoms with Crippen molar-refractivity contribution in [1.29, 1.82) is 0 Å². The summed E-state index contributed by atoms with van der Waals surface area (Å²) < 4.78 is 10.5. The van der Waals surface area contributed by atoms with E-state index in [1.807, 2.05) is 45.0 Å². The van der Waals surface area contributed by atoms with Gasteiger partial charge in [-0.2, -0.15) is 15.4 Å². The van der Waals surface area contributed by atoms with Crippen LogP contribution in [0.2, 0.25) is 0 Å². The van der Waals surface area contributed by atoms with E-state index in [1.54, 1.807) is 68.1 Å². The van der Waals surface area contributed by atoms with Crippen LogP contribution in [0.1, 0.15) is 57.5 Å². The average Bonchev–Trinajstić information content (AvgIpc) is 3.45. The van der Waals surface area contributed by atoms with Gasteiger partial charge in [0, 0.05) is 24.9 Å². The van der Waals surface area contributed by atoms with E-state index in [9.17, 15) is 19.2 Å². The minimum absolute atomic E-state index is 0.0447. The molecule has 0 fully saturated rings. The van der Waals surface area contributed by atoms with Crippen molar-refractivity contribution in [3.63, 3.8) is 0 Å². The Morgan fingerprint density at radius 2 is 1.60 bits per heavy atom. The molecule has 0 spiro atoms. The number of H-pyrrole nitrogens is 1. The maximum atomic E-state index is 13.0. The van der Waals surface area contributed by atoms with Gasteiger partial charge in [0.25, 0.3) is 0 Å². The highest BCUT2D eigenvalue weighted by Gasteiger charge is 2.37. The minimum Gasteiger partial charge on any atom is -0.495 e. The van der Waals surface area contributed by atoms with Crippen LogP contribution in [0.3, 0.4) is 0 Å². The van der Waals surface area contributed by atoms with E-state index >= 15 is 0 Å². The molecule has 2 amide bonds. The number of Topliss-reactive ketones (excluding diaryl/α,β-unsaturated/α-hetero) is 1. The smallest absolute Gasteiger partial charge is 0.343 e. The molecule has 4 aromatic rings. The lowest BCUT2D eigenvalue weighted by molar-refractivity contribution is -0.139. The van der Waals surface area contributed by atoms with Crippen LogP contribution in [0, 0.1) is 18.3 Å². The number of hydrogen-bond acceptors (Lipinski definition) is 8. The van der Waals surface area contributed by atoms with Crippen molar-refractivity contribution in [2.24, 2.45) is 11.3 Å². The Hall–Kier alpha value is -5.06. The molecule has 3 aromatic carbocycles. The first-order chi connectivity index (χ1) is 21.2. The van der Waals surface area contributed by atoms with Crippen molar-refractivity contribution < 1.29 is 28.7 Å². The van der Waals surface area contributed by atoms with Gasteiger partial charge in [0.2, 0.25) is 11.8 Å². The van der Waals surface area contributed by atoms with Gasteiger partial charge in [0.15, 0.2) is 5.78 Å². The average molecular weight is 616 g/mol. The summed E-state index contributed by atoms with van der Waals surface area (Å²) in [6.45, 7) is 12.4. The van der Waals surface area contributed by atoms with Gasteiger partial charge in [-0.25, -0.2) is 4.79 Å². The van der Waals surface area contributed by atoms with E-state index in [0.717, 1.165) is 5.56 Å². The first-order valence-corrected chi connectivity index (χ1v) is 14.6. The molecule has 0 aliphatic heterocycles. The molecule has 0 aliphatic carbocycles. The number of methoxy groups -OCH3 is 1. The summed E-state index contributed by atoms with van der Waals surface area (Å²) in [6.07, 6.45) is 0. The monoisotopic (exact) mass is 615 g/mol. The predicted molar refractivity (Wildman–Crippen MR) is 172 cm³/mol. The lowest BCUT2D eigenvalue weighted by Crippen LogP contribution is -2.47. The first kappa shape index (κ1) is 34.4. The number of carbonyl (C=O) groups excluding carboxylic acids is 4. The van der Waals surface area contributed by atoms with Crippen LogP contribution in [-0.4, -0.2) is 63.6 Å². The normalized spacial score (nSPS) is 11.7. The standard InChI is InChI=1S/C21H32N2O4.C13H9N3O2/c1-13(2)23(15(4)24)12-16(19(25)21(5,6)7)20(26)22-17-11-14(3)9-10-18(17)27-8;17-13(18-10-4-2-1-3-5-10)9-6-7-11-12(8-9)15-16-14-11/h9-11,13,16H,12H2,1-8H3,(H,22,26);1-8H,(H,14,15,16). The number of hydrogen-bond donors (Lipinski definition) is 2. The van der Waals surface area contributed by atoms with E-state index in [0.29, 0.717) is 33.8 Å². The number of benzene rings is 3. The van der Waals surface area contributed by atoms with E-state index < -0.39 is 23.2 Å². The molecule has 0 radical (unpaired) electrons. The molecule has 4 rings (SSSR count). The molecule has 2 N–H and O–H groups in total. The number of fused-ring (bicyclic) bond motifs is 1. The third-order valence-corrected chi connectivity index (χ3v) is 6.90. The fourth-order valence-corrected chi connectivity index (χ4v) is 4.47. The van der Waals surface area contributed by atoms with Crippen molar-refractivity contribution in [2.75, 3.05) is 19.0 Å². The molecule has 45 heavy (non-hydrogen) atoms. The zero-order valence-corrected chi connectivity index (χ0v) is 27.0. The highest BCUT2D eigenvalue weighted by molar-refractivity contribution is 6.09. The zero-order valence-electron chi connectivity index (χ0n) is 27.0. The van der Waals surface area contributed by atoms with Crippen molar-refractivity contribution in [1.82, 2.24) is 20.3 Å². The summed E-state index contributed by atoms with van der Waals surface area (Å²) in [5, 5.41) is 13.2. The third kappa shape index (κ3) is 9.46. The molecule has 11 heteroatoms. The van der Waals surface area contributed by atoms with Gasteiger partial charge in [-0.3, -0.25) is 14.4 Å². The van der Waals surface area contributed by atoms with Crippen LogP contribution in [0.5, 0.6) is 11.5 Å². The molecule has 1 atom stereocenters. The number of carbonyl (C=O) groups is 4. The molecule has 1 unspecified atom stereocenters. The highest BCUT2D eigenvalue weighted by atomic mass is 16.5. The van der Waals surface area contributed by atoms with Crippen molar-refractivity contribution in [3.8, 4) is 11.5 Å². The number of ketones is 1. The van der Waals surface area contributed by atoms with Crippen LogP contribution in [-0.2, 0) is 14.4 Å². The lowest BCUT2D eigenvalue weighted by atomic mass is 9.82. The van der Waals surface area contributed by atoms with E-state index in [-0.39, 0.29) is 24.3 Å². The summed E-state index contributed by atoms with van der Waals surface area (Å²) in [7, 11) is 1.52. The molecular formula is C34H41N5O6. The summed E-state index contributed by atoms with van der Waals surface area (Å²) in [5.74, 6) is -1.17. The van der Waals surface area contributed by atoms with Gasteiger partial charge in [0.05, 0.1) is 18.4 Å². The molecule has 0 bridgehead atoms.